The number of aromatic nitrogens is 2. The number of carbonyl (C=O) groups excluding carboxylic acids is 1. The lowest BCUT2D eigenvalue weighted by molar-refractivity contribution is 0.0445. The molecule has 1 heterocycles. The number of benzene rings is 1. The Kier molecular flexibility index (Phi) is 5.29. The molecule has 5 heteroatoms. The summed E-state index contributed by atoms with van der Waals surface area (Å²) in [4.78, 5) is 19.7. The zero-order valence-corrected chi connectivity index (χ0v) is 17.7. The predicted octanol–water partition coefficient (Wildman–Crippen LogP) is 5.00. The van der Waals surface area contributed by atoms with Gasteiger partial charge in [-0.15, -0.1) is 6.42 Å². The van der Waals surface area contributed by atoms with Crippen LogP contribution < -0.4 is 5.32 Å². The molecule has 1 aromatic heterocycles. The number of aliphatic hydroxyl groups is 1. The Morgan fingerprint density at radius 3 is 2.67 bits per heavy atom. The van der Waals surface area contributed by atoms with Crippen molar-refractivity contribution >= 4 is 17.2 Å². The molecule has 1 fully saturated rings. The smallest absolute Gasteiger partial charge is 0.291 e. The van der Waals surface area contributed by atoms with Crippen molar-refractivity contribution < 1.29 is 9.90 Å². The van der Waals surface area contributed by atoms with Gasteiger partial charge in [0.25, 0.3) is 5.91 Å². The number of anilines is 1. The number of rotatable bonds is 4. The average molecular weight is 404 g/mol. The molecule has 2 aliphatic rings. The predicted molar refractivity (Wildman–Crippen MR) is 119 cm³/mol. The summed E-state index contributed by atoms with van der Waals surface area (Å²) in [7, 11) is 0. The SMILES string of the molecule is C#Cc1c[nH]c(C(=O)Nc2ccc(C3(O)CCCC3)cc2C2=CCC(C)(C)CC2)n1. The van der Waals surface area contributed by atoms with Gasteiger partial charge in [-0.05, 0) is 66.7 Å². The van der Waals surface area contributed by atoms with Crippen molar-refractivity contribution in [3.63, 3.8) is 0 Å². The molecule has 2 aliphatic carbocycles. The van der Waals surface area contributed by atoms with Gasteiger partial charge in [-0.3, -0.25) is 4.79 Å². The van der Waals surface area contributed by atoms with Crippen molar-refractivity contribution in [2.24, 2.45) is 5.41 Å². The second kappa shape index (κ2) is 7.77. The second-order valence-corrected chi connectivity index (χ2v) is 9.33. The maximum absolute atomic E-state index is 12.7. The standard InChI is InChI=1S/C25H29N3O2/c1-4-19-16-26-22(27-19)23(29)28-21-8-7-18(25(30)11-5-6-12-25)15-20(21)17-9-13-24(2,3)14-10-17/h1,7-9,15-16,30H,5-6,10-14H2,2-3H3,(H,26,27)(H,28,29). The lowest BCUT2D eigenvalue weighted by Gasteiger charge is -2.30. The highest BCUT2D eigenvalue weighted by Crippen LogP contribution is 2.43. The van der Waals surface area contributed by atoms with E-state index in [0.29, 0.717) is 5.69 Å². The van der Waals surface area contributed by atoms with Crippen LogP contribution in [0.25, 0.3) is 5.57 Å². The molecule has 0 atom stereocenters. The third-order valence-corrected chi connectivity index (χ3v) is 6.49. The Bertz CT molecular complexity index is 1030. The lowest BCUT2D eigenvalue weighted by Crippen LogP contribution is -2.22. The molecule has 4 rings (SSSR count). The Labute approximate surface area is 178 Å². The summed E-state index contributed by atoms with van der Waals surface area (Å²) in [5, 5.41) is 14.1. The zero-order chi connectivity index (χ0) is 21.4. The van der Waals surface area contributed by atoms with Crippen molar-refractivity contribution in [1.29, 1.82) is 0 Å². The minimum absolute atomic E-state index is 0.186. The third kappa shape index (κ3) is 4.06. The van der Waals surface area contributed by atoms with E-state index < -0.39 is 5.60 Å². The van der Waals surface area contributed by atoms with Gasteiger partial charge in [0.1, 0.15) is 5.69 Å². The number of nitrogens with one attached hydrogen (secondary N) is 2. The maximum atomic E-state index is 12.7. The quantitative estimate of drug-likeness (QED) is 0.629. The summed E-state index contributed by atoms with van der Waals surface area (Å²) in [6.07, 6.45) is 15.8. The van der Waals surface area contributed by atoms with Crippen LogP contribution in [0.1, 0.15) is 86.2 Å². The van der Waals surface area contributed by atoms with Gasteiger partial charge in [0, 0.05) is 17.4 Å². The van der Waals surface area contributed by atoms with E-state index in [0.717, 1.165) is 61.8 Å². The summed E-state index contributed by atoms with van der Waals surface area (Å²) in [5.41, 5.74) is 3.79. The minimum atomic E-state index is -0.769. The van der Waals surface area contributed by atoms with Crippen molar-refractivity contribution in [3.8, 4) is 12.3 Å². The molecule has 1 amide bonds. The van der Waals surface area contributed by atoms with E-state index in [1.807, 2.05) is 12.1 Å². The summed E-state index contributed by atoms with van der Waals surface area (Å²) < 4.78 is 0. The van der Waals surface area contributed by atoms with E-state index in [2.05, 4.69) is 47.2 Å². The highest BCUT2D eigenvalue weighted by atomic mass is 16.3. The fourth-order valence-electron chi connectivity index (χ4n) is 4.47. The molecular formula is C25H29N3O2. The molecule has 2 aromatic rings. The molecule has 0 spiro atoms. The van der Waals surface area contributed by atoms with Crippen LogP contribution in [0.4, 0.5) is 5.69 Å². The molecule has 0 aliphatic heterocycles. The molecule has 1 aromatic carbocycles. The van der Waals surface area contributed by atoms with E-state index in [1.54, 1.807) is 6.20 Å². The molecule has 0 radical (unpaired) electrons. The number of H-pyrrole nitrogens is 1. The summed E-state index contributed by atoms with van der Waals surface area (Å²) in [6.45, 7) is 4.56. The van der Waals surface area contributed by atoms with Crippen LogP contribution in [0.3, 0.4) is 0 Å². The van der Waals surface area contributed by atoms with Crippen molar-refractivity contribution in [2.45, 2.75) is 64.4 Å². The molecule has 0 bridgehead atoms. The van der Waals surface area contributed by atoms with Gasteiger partial charge in [0.15, 0.2) is 5.82 Å². The maximum Gasteiger partial charge on any atom is 0.291 e. The Morgan fingerprint density at radius 1 is 1.27 bits per heavy atom. The van der Waals surface area contributed by atoms with E-state index in [1.165, 1.54) is 5.57 Å². The molecular weight excluding hydrogens is 374 g/mol. The number of hydrogen-bond acceptors (Lipinski definition) is 3. The van der Waals surface area contributed by atoms with Crippen LogP contribution in [-0.2, 0) is 5.60 Å². The second-order valence-electron chi connectivity index (χ2n) is 9.33. The zero-order valence-electron chi connectivity index (χ0n) is 17.7. The molecule has 1 saturated carbocycles. The molecule has 5 nitrogen and oxygen atoms in total. The van der Waals surface area contributed by atoms with Crippen LogP contribution >= 0.6 is 0 Å². The number of allylic oxidation sites excluding steroid dienone is 2. The van der Waals surface area contributed by atoms with Gasteiger partial charge < -0.3 is 15.4 Å². The number of terminal acetylenes is 1. The highest BCUT2D eigenvalue weighted by molar-refractivity contribution is 6.03. The van der Waals surface area contributed by atoms with Gasteiger partial charge in [0.05, 0.1) is 5.60 Å². The first-order chi connectivity index (χ1) is 14.3. The van der Waals surface area contributed by atoms with Crippen molar-refractivity contribution in [2.75, 3.05) is 5.32 Å². The molecule has 0 saturated heterocycles. The van der Waals surface area contributed by atoms with Crippen LogP contribution in [-0.4, -0.2) is 21.0 Å². The Morgan fingerprint density at radius 2 is 2.03 bits per heavy atom. The van der Waals surface area contributed by atoms with Crippen LogP contribution in [0.5, 0.6) is 0 Å². The molecule has 0 unspecified atom stereocenters. The van der Waals surface area contributed by atoms with E-state index in [9.17, 15) is 9.90 Å². The molecule has 30 heavy (non-hydrogen) atoms. The van der Waals surface area contributed by atoms with Crippen LogP contribution in [0.15, 0.2) is 30.5 Å². The first-order valence-corrected chi connectivity index (χ1v) is 10.7. The molecule has 3 N–H and O–H groups in total. The van der Waals surface area contributed by atoms with Gasteiger partial charge >= 0.3 is 0 Å². The highest BCUT2D eigenvalue weighted by Gasteiger charge is 2.34. The topological polar surface area (TPSA) is 78.0 Å². The summed E-state index contributed by atoms with van der Waals surface area (Å²) in [5.74, 6) is 2.28. The fraction of sp³-hybridized carbons (Fsp3) is 0.440. The Hall–Kier alpha value is -2.84. The van der Waals surface area contributed by atoms with Crippen molar-refractivity contribution in [3.05, 3.63) is 53.1 Å². The van der Waals surface area contributed by atoms with Crippen molar-refractivity contribution in [1.82, 2.24) is 9.97 Å². The number of carbonyl (C=O) groups is 1. The third-order valence-electron chi connectivity index (χ3n) is 6.49. The minimum Gasteiger partial charge on any atom is -0.385 e. The number of amides is 1. The van der Waals surface area contributed by atoms with Gasteiger partial charge in [-0.2, -0.15) is 0 Å². The van der Waals surface area contributed by atoms with Gasteiger partial charge in [0.2, 0.25) is 0 Å². The lowest BCUT2D eigenvalue weighted by atomic mass is 9.76. The normalized spacial score (nSPS) is 19.7. The number of hydrogen-bond donors (Lipinski definition) is 3. The fourth-order valence-corrected chi connectivity index (χ4v) is 4.47. The average Bonchev–Trinajstić information content (AvgIpc) is 3.38. The monoisotopic (exact) mass is 403 g/mol. The van der Waals surface area contributed by atoms with Crippen LogP contribution in [0, 0.1) is 17.8 Å². The first-order valence-electron chi connectivity index (χ1n) is 10.7. The van der Waals surface area contributed by atoms with Gasteiger partial charge in [-0.25, -0.2) is 4.98 Å². The first kappa shape index (κ1) is 20.4. The number of imidazole rings is 1. The largest absolute Gasteiger partial charge is 0.385 e. The van der Waals surface area contributed by atoms with Gasteiger partial charge in [-0.1, -0.05) is 38.8 Å². The van der Waals surface area contributed by atoms with E-state index >= 15 is 0 Å². The van der Waals surface area contributed by atoms with E-state index in [-0.39, 0.29) is 17.1 Å². The van der Waals surface area contributed by atoms with E-state index in [4.69, 9.17) is 6.42 Å². The molecule has 156 valence electrons. The summed E-state index contributed by atoms with van der Waals surface area (Å²) in [6, 6.07) is 5.91. The number of nitrogens with zero attached hydrogens (tertiary/aromatic N) is 1. The number of aromatic amines is 1. The van der Waals surface area contributed by atoms with Crippen LogP contribution in [0.2, 0.25) is 0 Å². The Balaban J connectivity index is 1.69. The summed E-state index contributed by atoms with van der Waals surface area (Å²) >= 11 is 0.